The van der Waals surface area contributed by atoms with Gasteiger partial charge in [0.25, 0.3) is 0 Å². The lowest BCUT2D eigenvalue weighted by molar-refractivity contribution is 0.280. The van der Waals surface area contributed by atoms with Gasteiger partial charge in [-0.3, -0.25) is 0 Å². The van der Waals surface area contributed by atoms with Crippen molar-refractivity contribution in [2.75, 3.05) is 0 Å². The van der Waals surface area contributed by atoms with Crippen LogP contribution in [0.3, 0.4) is 0 Å². The van der Waals surface area contributed by atoms with E-state index in [-0.39, 0.29) is 23.9 Å². The van der Waals surface area contributed by atoms with Gasteiger partial charge in [-0.15, -0.1) is 0 Å². The zero-order chi connectivity index (χ0) is 17.7. The highest BCUT2D eigenvalue weighted by Gasteiger charge is 2.08. The van der Waals surface area contributed by atoms with Crippen LogP contribution in [-0.2, 0) is 13.0 Å². The number of benzene rings is 2. The van der Waals surface area contributed by atoms with Crippen LogP contribution in [0.2, 0.25) is 0 Å². The number of rotatable bonds is 5. The summed E-state index contributed by atoms with van der Waals surface area (Å²) in [5.41, 5.74) is 4.30. The highest BCUT2D eigenvalue weighted by Crippen LogP contribution is 2.28. The molecule has 0 aliphatic rings. The minimum Gasteiger partial charge on any atom is -0.508 e. The van der Waals surface area contributed by atoms with Gasteiger partial charge in [0.15, 0.2) is 11.5 Å². The molecule has 4 nitrogen and oxygen atoms in total. The van der Waals surface area contributed by atoms with Crippen molar-refractivity contribution in [3.63, 3.8) is 0 Å². The van der Waals surface area contributed by atoms with E-state index in [4.69, 9.17) is 0 Å². The number of phenolic OH excluding ortho intramolecular Hbond substituents is 3. The second kappa shape index (κ2) is 7.70. The summed E-state index contributed by atoms with van der Waals surface area (Å²) in [6, 6.07) is 7.76. The average molecular weight is 326 g/mol. The van der Waals surface area contributed by atoms with Crippen LogP contribution in [0, 0.1) is 0 Å². The van der Waals surface area contributed by atoms with Gasteiger partial charge < -0.3 is 20.4 Å². The van der Waals surface area contributed by atoms with Gasteiger partial charge in [-0.25, -0.2) is 0 Å². The first-order chi connectivity index (χ1) is 11.4. The molecule has 2 aromatic carbocycles. The number of allylic oxidation sites excluding steroid dienone is 2. The van der Waals surface area contributed by atoms with Crippen molar-refractivity contribution < 1.29 is 20.4 Å². The molecule has 2 rings (SSSR count). The normalized spacial score (nSPS) is 11.0. The summed E-state index contributed by atoms with van der Waals surface area (Å²) >= 11 is 0. The Bertz CT molecular complexity index is 784. The SMILES string of the molecule is CC(C)=CCc1c(/C=C/c2ccc(O)c(O)c2)cc(O)cc1CO. The van der Waals surface area contributed by atoms with Gasteiger partial charge in [0.1, 0.15) is 5.75 Å². The van der Waals surface area contributed by atoms with Crippen molar-refractivity contribution in [3.8, 4) is 17.2 Å². The number of aliphatic hydroxyl groups excluding tert-OH is 1. The van der Waals surface area contributed by atoms with Crippen LogP contribution in [0.1, 0.15) is 36.1 Å². The lowest BCUT2D eigenvalue weighted by atomic mass is 9.96. The van der Waals surface area contributed by atoms with Crippen LogP contribution in [-0.4, -0.2) is 20.4 Å². The molecule has 0 bridgehead atoms. The number of aromatic hydroxyl groups is 3. The predicted octanol–water partition coefficient (Wildman–Crippen LogP) is 3.97. The Kier molecular flexibility index (Phi) is 5.66. The summed E-state index contributed by atoms with van der Waals surface area (Å²) in [6.07, 6.45) is 6.31. The number of aliphatic hydroxyl groups is 1. The van der Waals surface area contributed by atoms with Gasteiger partial charge >= 0.3 is 0 Å². The molecular weight excluding hydrogens is 304 g/mol. The molecule has 0 radical (unpaired) electrons. The summed E-state index contributed by atoms with van der Waals surface area (Å²) in [7, 11) is 0. The minimum absolute atomic E-state index is 0.0909. The van der Waals surface area contributed by atoms with E-state index in [1.165, 1.54) is 17.7 Å². The molecule has 0 atom stereocenters. The van der Waals surface area contributed by atoms with Crippen molar-refractivity contribution in [2.45, 2.75) is 26.9 Å². The van der Waals surface area contributed by atoms with E-state index in [2.05, 4.69) is 6.08 Å². The van der Waals surface area contributed by atoms with Crippen molar-refractivity contribution >= 4 is 12.2 Å². The fourth-order valence-electron chi connectivity index (χ4n) is 2.41. The van der Waals surface area contributed by atoms with Crippen LogP contribution in [0.15, 0.2) is 42.0 Å². The molecule has 0 aromatic heterocycles. The lowest BCUT2D eigenvalue weighted by Crippen LogP contribution is -1.97. The topological polar surface area (TPSA) is 80.9 Å². The van der Waals surface area contributed by atoms with Crippen molar-refractivity contribution in [2.24, 2.45) is 0 Å². The highest BCUT2D eigenvalue weighted by atomic mass is 16.3. The van der Waals surface area contributed by atoms with Crippen LogP contribution in [0.4, 0.5) is 0 Å². The largest absolute Gasteiger partial charge is 0.508 e. The minimum atomic E-state index is -0.186. The standard InChI is InChI=1S/C20H22O4/c1-13(2)3-7-18-15(10-17(22)11-16(18)12-21)6-4-14-5-8-19(23)20(24)9-14/h3-6,8-11,21-24H,7,12H2,1-2H3/b6-4+. The average Bonchev–Trinajstić information content (AvgIpc) is 2.54. The summed E-state index contributed by atoms with van der Waals surface area (Å²) in [5, 5.41) is 38.4. The Labute approximate surface area is 141 Å². The fraction of sp³-hybridized carbons (Fsp3) is 0.200. The quantitative estimate of drug-likeness (QED) is 0.381. The molecule has 4 N–H and O–H groups in total. The lowest BCUT2D eigenvalue weighted by Gasteiger charge is -2.11. The molecular formula is C20H22O4. The Morgan fingerprint density at radius 3 is 2.33 bits per heavy atom. The van der Waals surface area contributed by atoms with Crippen LogP contribution >= 0.6 is 0 Å². The predicted molar refractivity (Wildman–Crippen MR) is 95.9 cm³/mol. The molecule has 0 unspecified atom stereocenters. The molecule has 4 heteroatoms. The van der Waals surface area contributed by atoms with E-state index in [1.54, 1.807) is 24.3 Å². The third-order valence-electron chi connectivity index (χ3n) is 3.70. The number of hydrogen-bond donors (Lipinski definition) is 4. The second-order valence-electron chi connectivity index (χ2n) is 5.90. The van der Waals surface area contributed by atoms with Crippen LogP contribution in [0.25, 0.3) is 12.2 Å². The van der Waals surface area contributed by atoms with Crippen LogP contribution < -0.4 is 0 Å². The van der Waals surface area contributed by atoms with E-state index >= 15 is 0 Å². The fourth-order valence-corrected chi connectivity index (χ4v) is 2.41. The molecule has 0 amide bonds. The van der Waals surface area contributed by atoms with Gasteiger partial charge in [0.05, 0.1) is 6.61 Å². The smallest absolute Gasteiger partial charge is 0.157 e. The van der Waals surface area contributed by atoms with E-state index in [0.717, 1.165) is 11.1 Å². The summed E-state index contributed by atoms with van der Waals surface area (Å²) in [5.74, 6) is -0.265. The summed E-state index contributed by atoms with van der Waals surface area (Å²) in [4.78, 5) is 0. The second-order valence-corrected chi connectivity index (χ2v) is 5.90. The maximum atomic E-state index is 9.87. The van der Waals surface area contributed by atoms with Gasteiger partial charge in [0, 0.05) is 0 Å². The highest BCUT2D eigenvalue weighted by molar-refractivity contribution is 5.73. The Morgan fingerprint density at radius 1 is 0.958 bits per heavy atom. The Morgan fingerprint density at radius 2 is 1.71 bits per heavy atom. The molecule has 0 heterocycles. The van der Waals surface area contributed by atoms with Gasteiger partial charge in [-0.05, 0) is 66.8 Å². The molecule has 126 valence electrons. The summed E-state index contributed by atoms with van der Waals surface area (Å²) in [6.45, 7) is 3.86. The van der Waals surface area contributed by atoms with Crippen molar-refractivity contribution in [1.82, 2.24) is 0 Å². The summed E-state index contributed by atoms with van der Waals surface area (Å²) < 4.78 is 0. The van der Waals surface area contributed by atoms with Crippen LogP contribution in [0.5, 0.6) is 17.2 Å². The zero-order valence-corrected chi connectivity index (χ0v) is 13.8. The van der Waals surface area contributed by atoms with E-state index in [9.17, 15) is 20.4 Å². The molecule has 0 saturated heterocycles. The van der Waals surface area contributed by atoms with E-state index < -0.39 is 0 Å². The third-order valence-corrected chi connectivity index (χ3v) is 3.70. The third kappa shape index (κ3) is 4.40. The van der Waals surface area contributed by atoms with Gasteiger partial charge in [-0.1, -0.05) is 29.9 Å². The molecule has 0 spiro atoms. The van der Waals surface area contributed by atoms with Crippen molar-refractivity contribution in [3.05, 3.63) is 64.2 Å². The first-order valence-corrected chi connectivity index (χ1v) is 7.69. The molecule has 0 aliphatic heterocycles. The number of phenols is 3. The molecule has 0 saturated carbocycles. The van der Waals surface area contributed by atoms with Crippen molar-refractivity contribution in [1.29, 1.82) is 0 Å². The molecule has 0 fully saturated rings. The van der Waals surface area contributed by atoms with Gasteiger partial charge in [0.2, 0.25) is 0 Å². The van der Waals surface area contributed by atoms with E-state index in [1.807, 2.05) is 19.9 Å². The maximum Gasteiger partial charge on any atom is 0.157 e. The van der Waals surface area contributed by atoms with Gasteiger partial charge in [-0.2, -0.15) is 0 Å². The monoisotopic (exact) mass is 326 g/mol. The maximum absolute atomic E-state index is 9.87. The Hall–Kier alpha value is -2.72. The first-order valence-electron chi connectivity index (χ1n) is 7.69. The molecule has 2 aromatic rings. The first kappa shape index (κ1) is 17.6. The van der Waals surface area contributed by atoms with E-state index in [0.29, 0.717) is 17.5 Å². The molecule has 0 aliphatic carbocycles. The molecule has 24 heavy (non-hydrogen) atoms. The number of hydrogen-bond acceptors (Lipinski definition) is 4. The Balaban J connectivity index is 2.43. The zero-order valence-electron chi connectivity index (χ0n) is 13.8.